The minimum atomic E-state index is -4.00. The molecule has 8 nitrogen and oxygen atoms in total. The van der Waals surface area contributed by atoms with Gasteiger partial charge in [-0.25, -0.2) is 31.2 Å². The topological polar surface area (TPSA) is 111 Å². The zero-order valence-corrected chi connectivity index (χ0v) is 14.0. The zero-order valence-electron chi connectivity index (χ0n) is 12.4. The monoisotopic (exact) mass is 356 g/mol. The van der Waals surface area contributed by atoms with Crippen molar-refractivity contribution in [3.05, 3.63) is 36.4 Å². The Morgan fingerprint density at radius 2 is 1.87 bits per heavy atom. The Kier molecular flexibility index (Phi) is 3.98. The van der Waals surface area contributed by atoms with E-state index in [1.807, 2.05) is 0 Å². The fourth-order valence-corrected chi connectivity index (χ4v) is 5.49. The molecule has 124 valence electrons. The van der Waals surface area contributed by atoms with E-state index in [9.17, 15) is 16.8 Å². The van der Waals surface area contributed by atoms with E-state index < -0.39 is 25.9 Å². The Bertz CT molecular complexity index is 934. The molecule has 0 aliphatic carbocycles. The van der Waals surface area contributed by atoms with Gasteiger partial charge < -0.3 is 0 Å². The van der Waals surface area contributed by atoms with Gasteiger partial charge in [-0.15, -0.1) is 0 Å². The largest absolute Gasteiger partial charge is 0.248 e. The third-order valence-corrected chi connectivity index (χ3v) is 6.47. The van der Waals surface area contributed by atoms with E-state index in [0.717, 1.165) is 12.7 Å². The van der Waals surface area contributed by atoms with Crippen LogP contribution in [-0.4, -0.2) is 37.9 Å². The average molecular weight is 356 g/mol. The van der Waals surface area contributed by atoms with E-state index in [-0.39, 0.29) is 9.79 Å². The molecular weight excluding hydrogens is 340 g/mol. The second kappa shape index (κ2) is 5.69. The molecule has 0 saturated carbocycles. The molecule has 1 unspecified atom stereocenters. The van der Waals surface area contributed by atoms with E-state index >= 15 is 0 Å². The van der Waals surface area contributed by atoms with Gasteiger partial charge in [0.25, 0.3) is 0 Å². The molecule has 1 aromatic heterocycles. The van der Waals surface area contributed by atoms with Crippen molar-refractivity contribution >= 4 is 19.9 Å². The van der Waals surface area contributed by atoms with Crippen molar-refractivity contribution in [3.8, 4) is 0 Å². The number of fused-ring (bicyclic) bond motifs is 1. The maximum absolute atomic E-state index is 12.7. The van der Waals surface area contributed by atoms with Gasteiger partial charge in [-0.1, -0.05) is 12.1 Å². The van der Waals surface area contributed by atoms with Gasteiger partial charge in [-0.05, 0) is 25.0 Å². The van der Waals surface area contributed by atoms with Crippen LogP contribution in [0.15, 0.2) is 40.4 Å². The molecule has 2 aromatic rings. The summed E-state index contributed by atoms with van der Waals surface area (Å²) in [6, 6.07) is 5.03. The molecule has 3 rings (SSSR count). The predicted octanol–water partition coefficient (Wildman–Crippen LogP) is 0.495. The second-order valence-electron chi connectivity index (χ2n) is 5.38. The number of aryl methyl sites for hydroxylation is 1. The lowest BCUT2D eigenvalue weighted by Crippen LogP contribution is -2.34. The molecule has 1 aliphatic heterocycles. The Labute approximate surface area is 134 Å². The van der Waals surface area contributed by atoms with Crippen LogP contribution in [0.1, 0.15) is 24.7 Å². The molecule has 0 bridgehead atoms. The first-order valence-corrected chi connectivity index (χ1v) is 10.4. The van der Waals surface area contributed by atoms with Crippen molar-refractivity contribution in [2.45, 2.75) is 35.2 Å². The van der Waals surface area contributed by atoms with Crippen LogP contribution in [0.4, 0.5) is 0 Å². The van der Waals surface area contributed by atoms with Crippen LogP contribution in [0, 0.1) is 0 Å². The van der Waals surface area contributed by atoms with Crippen LogP contribution in [0.25, 0.3) is 0 Å². The molecule has 0 fully saturated rings. The second-order valence-corrected chi connectivity index (χ2v) is 9.04. The summed E-state index contributed by atoms with van der Waals surface area (Å²) in [7, 11) is -7.66. The molecule has 1 aliphatic rings. The van der Waals surface area contributed by atoms with Gasteiger partial charge in [-0.3, -0.25) is 0 Å². The average Bonchev–Trinajstić information content (AvgIpc) is 2.96. The standard InChI is InChI=1S/C13H16N4O4S2/c1-22(18,19)11-6-2-3-7-12(11)23(20,21)16-10-5-4-8-17-13(10)14-9-15-17/h2-3,6-7,9-10,16H,4-5,8H2,1H3. The summed E-state index contributed by atoms with van der Waals surface area (Å²) in [5.74, 6) is 0.539. The Hall–Kier alpha value is -1.78. The van der Waals surface area contributed by atoms with Crippen LogP contribution < -0.4 is 4.72 Å². The molecule has 0 radical (unpaired) electrons. The molecule has 23 heavy (non-hydrogen) atoms. The van der Waals surface area contributed by atoms with Gasteiger partial charge in [0.2, 0.25) is 10.0 Å². The Morgan fingerprint density at radius 1 is 1.17 bits per heavy atom. The Balaban J connectivity index is 1.99. The third-order valence-electron chi connectivity index (χ3n) is 3.66. The fourth-order valence-electron chi connectivity index (χ4n) is 2.63. The maximum atomic E-state index is 12.7. The molecule has 0 saturated heterocycles. The maximum Gasteiger partial charge on any atom is 0.242 e. The lowest BCUT2D eigenvalue weighted by atomic mass is 10.1. The van der Waals surface area contributed by atoms with Crippen LogP contribution in [0.2, 0.25) is 0 Å². The summed E-state index contributed by atoms with van der Waals surface area (Å²) in [6.07, 6.45) is 3.71. The highest BCUT2D eigenvalue weighted by Crippen LogP contribution is 2.26. The summed E-state index contributed by atoms with van der Waals surface area (Å²) in [6.45, 7) is 0.688. The van der Waals surface area contributed by atoms with Gasteiger partial charge in [-0.2, -0.15) is 5.10 Å². The first kappa shape index (κ1) is 16.1. The van der Waals surface area contributed by atoms with Crippen LogP contribution >= 0.6 is 0 Å². The number of hydrogen-bond donors (Lipinski definition) is 1. The predicted molar refractivity (Wildman–Crippen MR) is 81.9 cm³/mol. The SMILES string of the molecule is CS(=O)(=O)c1ccccc1S(=O)(=O)NC1CCCn2ncnc21. The quantitative estimate of drug-likeness (QED) is 0.854. The minimum absolute atomic E-state index is 0.218. The summed E-state index contributed by atoms with van der Waals surface area (Å²) < 4.78 is 53.2. The number of aromatic nitrogens is 3. The lowest BCUT2D eigenvalue weighted by Gasteiger charge is -2.23. The van der Waals surface area contributed by atoms with Gasteiger partial charge in [0, 0.05) is 12.8 Å². The number of benzene rings is 1. The van der Waals surface area contributed by atoms with Crippen LogP contribution in [0.3, 0.4) is 0 Å². The Morgan fingerprint density at radius 3 is 2.57 bits per heavy atom. The van der Waals surface area contributed by atoms with Crippen molar-refractivity contribution in [1.29, 1.82) is 0 Å². The lowest BCUT2D eigenvalue weighted by molar-refractivity contribution is 0.399. The first-order chi connectivity index (χ1) is 10.8. The summed E-state index contributed by atoms with van der Waals surface area (Å²) in [5.41, 5.74) is 0. The minimum Gasteiger partial charge on any atom is -0.248 e. The van der Waals surface area contributed by atoms with Crippen LogP contribution in [-0.2, 0) is 26.4 Å². The van der Waals surface area contributed by atoms with E-state index in [4.69, 9.17) is 0 Å². The number of sulfonamides is 1. The number of hydrogen-bond acceptors (Lipinski definition) is 6. The highest BCUT2D eigenvalue weighted by molar-refractivity contribution is 7.93. The summed E-state index contributed by atoms with van der Waals surface area (Å²) >= 11 is 0. The van der Waals surface area contributed by atoms with Gasteiger partial charge in [0.15, 0.2) is 9.84 Å². The number of nitrogens with one attached hydrogen (secondary N) is 1. The third kappa shape index (κ3) is 3.14. The fraction of sp³-hybridized carbons (Fsp3) is 0.385. The van der Waals surface area contributed by atoms with Crippen molar-refractivity contribution in [2.75, 3.05) is 6.26 Å². The molecule has 10 heteroatoms. The van der Waals surface area contributed by atoms with Crippen molar-refractivity contribution < 1.29 is 16.8 Å². The molecule has 1 N–H and O–H groups in total. The van der Waals surface area contributed by atoms with Crippen molar-refractivity contribution in [3.63, 3.8) is 0 Å². The molecule has 1 aromatic carbocycles. The molecule has 0 amide bonds. The zero-order chi connectivity index (χ0) is 16.7. The molecular formula is C13H16N4O4S2. The highest BCUT2D eigenvalue weighted by atomic mass is 32.2. The van der Waals surface area contributed by atoms with Gasteiger partial charge in [0.05, 0.1) is 10.9 Å². The van der Waals surface area contributed by atoms with E-state index in [0.29, 0.717) is 18.8 Å². The number of rotatable bonds is 4. The number of sulfone groups is 1. The molecule has 1 atom stereocenters. The van der Waals surface area contributed by atoms with Crippen molar-refractivity contribution in [2.24, 2.45) is 0 Å². The number of nitrogens with zero attached hydrogens (tertiary/aromatic N) is 3. The van der Waals surface area contributed by atoms with Crippen LogP contribution in [0.5, 0.6) is 0 Å². The van der Waals surface area contributed by atoms with E-state index in [1.165, 1.54) is 30.6 Å². The van der Waals surface area contributed by atoms with Crippen molar-refractivity contribution in [1.82, 2.24) is 19.5 Å². The van der Waals surface area contributed by atoms with E-state index in [1.54, 1.807) is 4.68 Å². The van der Waals surface area contributed by atoms with Gasteiger partial charge >= 0.3 is 0 Å². The summed E-state index contributed by atoms with van der Waals surface area (Å²) in [4.78, 5) is 3.63. The van der Waals surface area contributed by atoms with Gasteiger partial charge in [0.1, 0.15) is 17.0 Å². The molecule has 0 spiro atoms. The highest BCUT2D eigenvalue weighted by Gasteiger charge is 2.30. The summed E-state index contributed by atoms with van der Waals surface area (Å²) in [5, 5.41) is 4.04. The first-order valence-electron chi connectivity index (χ1n) is 6.98. The molecule has 2 heterocycles. The normalized spacial score (nSPS) is 18.6. The van der Waals surface area contributed by atoms with E-state index in [2.05, 4.69) is 14.8 Å². The smallest absolute Gasteiger partial charge is 0.242 e.